The highest BCUT2D eigenvalue weighted by atomic mass is 16.2. The third-order valence-electron chi connectivity index (χ3n) is 2.59. The van der Waals surface area contributed by atoms with Crippen molar-refractivity contribution in [1.29, 1.82) is 0 Å². The molecule has 2 aromatic carbocycles. The zero-order valence-electron chi connectivity index (χ0n) is 10.1. The first-order chi connectivity index (χ1) is 9.08. The van der Waals surface area contributed by atoms with Gasteiger partial charge in [0.1, 0.15) is 0 Å². The Hall–Kier alpha value is -2.82. The van der Waals surface area contributed by atoms with Crippen LogP contribution in [0, 0.1) is 0 Å². The Morgan fingerprint density at radius 3 is 2.32 bits per heavy atom. The Kier molecular flexibility index (Phi) is 3.47. The Morgan fingerprint density at radius 1 is 1.00 bits per heavy atom. The van der Waals surface area contributed by atoms with Crippen LogP contribution in [0.5, 0.6) is 0 Å². The van der Waals surface area contributed by atoms with Gasteiger partial charge in [0.05, 0.1) is 11.3 Å². The third-order valence-corrected chi connectivity index (χ3v) is 2.59. The molecule has 0 saturated heterocycles. The molecule has 0 bridgehead atoms. The maximum absolute atomic E-state index is 12.0. The van der Waals surface area contributed by atoms with Gasteiger partial charge in [0.15, 0.2) is 0 Å². The highest BCUT2D eigenvalue weighted by Gasteiger charge is 2.12. The quantitative estimate of drug-likeness (QED) is 0.727. The van der Waals surface area contributed by atoms with Crippen molar-refractivity contribution in [2.24, 2.45) is 5.73 Å². The Balaban J connectivity index is 2.31. The largest absolute Gasteiger partial charge is 0.399 e. The second kappa shape index (κ2) is 5.22. The van der Waals surface area contributed by atoms with Gasteiger partial charge in [0, 0.05) is 11.3 Å². The lowest BCUT2D eigenvalue weighted by Gasteiger charge is -2.09. The first-order valence-corrected chi connectivity index (χ1v) is 5.63. The summed E-state index contributed by atoms with van der Waals surface area (Å²) in [5.41, 5.74) is 12.3. The topological polar surface area (TPSA) is 98.2 Å². The average Bonchev–Trinajstić information content (AvgIpc) is 2.39. The highest BCUT2D eigenvalue weighted by molar-refractivity contribution is 6.09. The molecule has 5 N–H and O–H groups in total. The normalized spacial score (nSPS) is 9.89. The van der Waals surface area contributed by atoms with Crippen molar-refractivity contribution >= 4 is 23.2 Å². The highest BCUT2D eigenvalue weighted by Crippen LogP contribution is 2.19. The van der Waals surface area contributed by atoms with Crippen LogP contribution in [0.3, 0.4) is 0 Å². The van der Waals surface area contributed by atoms with Gasteiger partial charge in [-0.1, -0.05) is 18.2 Å². The lowest BCUT2D eigenvalue weighted by Crippen LogP contribution is -2.18. The molecule has 0 aliphatic rings. The van der Waals surface area contributed by atoms with E-state index < -0.39 is 5.91 Å². The lowest BCUT2D eigenvalue weighted by molar-refractivity contribution is 0.100. The van der Waals surface area contributed by atoms with Crippen molar-refractivity contribution in [3.05, 3.63) is 59.7 Å². The molecule has 19 heavy (non-hydrogen) atoms. The van der Waals surface area contributed by atoms with Crippen LogP contribution in [-0.2, 0) is 0 Å². The summed E-state index contributed by atoms with van der Waals surface area (Å²) >= 11 is 0. The van der Waals surface area contributed by atoms with E-state index in [-0.39, 0.29) is 11.5 Å². The molecule has 0 spiro atoms. The maximum atomic E-state index is 12.0. The molecule has 0 radical (unpaired) electrons. The minimum atomic E-state index is -0.622. The SMILES string of the molecule is NC(=O)c1ccc(N)cc1NC(=O)c1ccccc1. The summed E-state index contributed by atoms with van der Waals surface area (Å²) < 4.78 is 0. The fourth-order valence-corrected chi connectivity index (χ4v) is 1.66. The van der Waals surface area contributed by atoms with Gasteiger partial charge in [-0.3, -0.25) is 9.59 Å². The van der Waals surface area contributed by atoms with Gasteiger partial charge in [0.2, 0.25) is 0 Å². The van der Waals surface area contributed by atoms with Crippen molar-refractivity contribution in [1.82, 2.24) is 0 Å². The van der Waals surface area contributed by atoms with E-state index >= 15 is 0 Å². The zero-order valence-corrected chi connectivity index (χ0v) is 10.1. The van der Waals surface area contributed by atoms with Crippen LogP contribution in [0.25, 0.3) is 0 Å². The molecule has 5 nitrogen and oxygen atoms in total. The third kappa shape index (κ3) is 2.90. The second-order valence-electron chi connectivity index (χ2n) is 3.99. The predicted molar refractivity (Wildman–Crippen MR) is 73.8 cm³/mol. The molecular weight excluding hydrogens is 242 g/mol. The summed E-state index contributed by atoms with van der Waals surface area (Å²) in [5, 5.41) is 2.63. The summed E-state index contributed by atoms with van der Waals surface area (Å²) in [6.07, 6.45) is 0. The van der Waals surface area contributed by atoms with Crippen molar-refractivity contribution < 1.29 is 9.59 Å². The maximum Gasteiger partial charge on any atom is 0.255 e. The van der Waals surface area contributed by atoms with E-state index in [1.165, 1.54) is 12.1 Å². The number of benzene rings is 2. The minimum Gasteiger partial charge on any atom is -0.399 e. The van der Waals surface area contributed by atoms with Gasteiger partial charge in [-0.2, -0.15) is 0 Å². The molecule has 5 heteroatoms. The van der Waals surface area contributed by atoms with E-state index in [0.29, 0.717) is 16.9 Å². The average molecular weight is 255 g/mol. The Labute approximate surface area is 110 Å². The molecule has 0 unspecified atom stereocenters. The molecule has 96 valence electrons. The second-order valence-corrected chi connectivity index (χ2v) is 3.99. The van der Waals surface area contributed by atoms with E-state index in [2.05, 4.69) is 5.32 Å². The van der Waals surface area contributed by atoms with Gasteiger partial charge in [-0.05, 0) is 30.3 Å². The molecule has 2 amide bonds. The smallest absolute Gasteiger partial charge is 0.255 e. The van der Waals surface area contributed by atoms with Crippen LogP contribution in [0.4, 0.5) is 11.4 Å². The standard InChI is InChI=1S/C14H13N3O2/c15-10-6-7-11(13(16)18)12(8-10)17-14(19)9-4-2-1-3-5-9/h1-8H,15H2,(H2,16,18)(H,17,19). The van der Waals surface area contributed by atoms with Gasteiger partial charge < -0.3 is 16.8 Å². The summed E-state index contributed by atoms with van der Waals surface area (Å²) in [6.45, 7) is 0. The number of amides is 2. The van der Waals surface area contributed by atoms with Crippen LogP contribution in [0.1, 0.15) is 20.7 Å². The van der Waals surface area contributed by atoms with E-state index in [9.17, 15) is 9.59 Å². The fraction of sp³-hybridized carbons (Fsp3) is 0. The van der Waals surface area contributed by atoms with E-state index in [4.69, 9.17) is 11.5 Å². The number of rotatable bonds is 3. The number of hydrogen-bond acceptors (Lipinski definition) is 3. The van der Waals surface area contributed by atoms with E-state index in [0.717, 1.165) is 0 Å². The fourth-order valence-electron chi connectivity index (χ4n) is 1.66. The lowest BCUT2D eigenvalue weighted by atomic mass is 10.1. The molecule has 0 fully saturated rings. The van der Waals surface area contributed by atoms with Gasteiger partial charge in [-0.25, -0.2) is 0 Å². The predicted octanol–water partition coefficient (Wildman–Crippen LogP) is 1.62. The van der Waals surface area contributed by atoms with Crippen molar-refractivity contribution in [3.8, 4) is 0 Å². The molecule has 0 saturated carbocycles. The first kappa shape index (κ1) is 12.6. The zero-order chi connectivity index (χ0) is 13.8. The minimum absolute atomic E-state index is 0.221. The molecule has 2 aromatic rings. The number of carbonyl (C=O) groups is 2. The molecule has 2 rings (SSSR count). The van der Waals surface area contributed by atoms with Crippen LogP contribution in [-0.4, -0.2) is 11.8 Å². The summed E-state index contributed by atoms with van der Waals surface area (Å²) in [4.78, 5) is 23.3. The number of nitrogens with two attached hydrogens (primary N) is 2. The van der Waals surface area contributed by atoms with Crippen LogP contribution in [0.15, 0.2) is 48.5 Å². The van der Waals surface area contributed by atoms with Crippen molar-refractivity contribution in [3.63, 3.8) is 0 Å². The van der Waals surface area contributed by atoms with Crippen molar-refractivity contribution in [2.45, 2.75) is 0 Å². The molecule has 0 aliphatic heterocycles. The van der Waals surface area contributed by atoms with Crippen LogP contribution >= 0.6 is 0 Å². The molecular formula is C14H13N3O2. The van der Waals surface area contributed by atoms with Crippen molar-refractivity contribution in [2.75, 3.05) is 11.1 Å². The monoisotopic (exact) mass is 255 g/mol. The molecule has 0 heterocycles. The number of nitrogens with one attached hydrogen (secondary N) is 1. The summed E-state index contributed by atoms with van der Waals surface area (Å²) in [6, 6.07) is 13.2. The van der Waals surface area contributed by atoms with Crippen LogP contribution in [0.2, 0.25) is 0 Å². The van der Waals surface area contributed by atoms with E-state index in [1.807, 2.05) is 6.07 Å². The van der Waals surface area contributed by atoms with E-state index in [1.54, 1.807) is 30.3 Å². The summed E-state index contributed by atoms with van der Waals surface area (Å²) in [7, 11) is 0. The molecule has 0 aromatic heterocycles. The number of carbonyl (C=O) groups excluding carboxylic acids is 2. The Morgan fingerprint density at radius 2 is 1.68 bits per heavy atom. The number of anilines is 2. The molecule has 0 aliphatic carbocycles. The van der Waals surface area contributed by atoms with Crippen LogP contribution < -0.4 is 16.8 Å². The summed E-state index contributed by atoms with van der Waals surface area (Å²) in [5.74, 6) is -0.947. The number of nitrogen functional groups attached to an aromatic ring is 1. The van der Waals surface area contributed by atoms with Gasteiger partial charge in [0.25, 0.3) is 11.8 Å². The number of primary amides is 1. The van der Waals surface area contributed by atoms with Gasteiger partial charge in [-0.15, -0.1) is 0 Å². The van der Waals surface area contributed by atoms with Gasteiger partial charge >= 0.3 is 0 Å². The molecule has 0 atom stereocenters. The number of hydrogen-bond donors (Lipinski definition) is 3. The first-order valence-electron chi connectivity index (χ1n) is 5.63. The Bertz CT molecular complexity index is 624.